The standard InChI is InChI=1S/C34H63NO/c1-6-9-11-12-13-14-15-16-17-18-19-20-21-22-23-24-27-34(5,31-32(4)8-3)36-33(25-10-7-2)26-28-35-29-30-35/h8,13-14,16-17,33H,6-7,9-12,15,18-31H2,1-5H3/b14-13?,17-16?,32-8+. The van der Waals surface area contributed by atoms with Gasteiger partial charge in [-0.3, -0.25) is 0 Å². The lowest BCUT2D eigenvalue weighted by atomic mass is 9.89. The van der Waals surface area contributed by atoms with Crippen LogP contribution in [0.5, 0.6) is 0 Å². The van der Waals surface area contributed by atoms with Gasteiger partial charge in [-0.2, -0.15) is 0 Å². The van der Waals surface area contributed by atoms with E-state index in [4.69, 9.17) is 4.74 Å². The van der Waals surface area contributed by atoms with Crippen molar-refractivity contribution in [3.05, 3.63) is 36.0 Å². The average molecular weight is 502 g/mol. The Balaban J connectivity index is 2.23. The molecule has 0 aliphatic carbocycles. The monoisotopic (exact) mass is 501 g/mol. The Bertz CT molecular complexity index is 588. The van der Waals surface area contributed by atoms with Crippen LogP contribution in [0.1, 0.15) is 150 Å². The summed E-state index contributed by atoms with van der Waals surface area (Å²) in [6, 6.07) is 0. The maximum absolute atomic E-state index is 6.94. The molecule has 0 aromatic heterocycles. The van der Waals surface area contributed by atoms with E-state index < -0.39 is 0 Å². The first kappa shape index (κ1) is 33.2. The minimum Gasteiger partial charge on any atom is -0.372 e. The van der Waals surface area contributed by atoms with Gasteiger partial charge in [0.2, 0.25) is 0 Å². The molecule has 0 saturated carbocycles. The normalized spacial score (nSPS) is 17.3. The molecule has 0 N–H and O–H groups in total. The van der Waals surface area contributed by atoms with Crippen molar-refractivity contribution < 1.29 is 4.74 Å². The first-order valence-electron chi connectivity index (χ1n) is 15.8. The zero-order valence-corrected chi connectivity index (χ0v) is 25.2. The topological polar surface area (TPSA) is 12.2 Å². The van der Waals surface area contributed by atoms with Crippen LogP contribution in [0.4, 0.5) is 0 Å². The van der Waals surface area contributed by atoms with Crippen LogP contribution < -0.4 is 0 Å². The van der Waals surface area contributed by atoms with Gasteiger partial charge in [-0.15, -0.1) is 0 Å². The smallest absolute Gasteiger partial charge is 0.0695 e. The fraction of sp³-hybridized carbons (Fsp3) is 0.824. The van der Waals surface area contributed by atoms with E-state index in [1.54, 1.807) is 0 Å². The Morgan fingerprint density at radius 2 is 1.42 bits per heavy atom. The van der Waals surface area contributed by atoms with E-state index in [1.165, 1.54) is 128 Å². The zero-order valence-electron chi connectivity index (χ0n) is 25.2. The van der Waals surface area contributed by atoms with E-state index in [0.29, 0.717) is 6.10 Å². The molecule has 2 atom stereocenters. The van der Waals surface area contributed by atoms with E-state index in [0.717, 1.165) is 12.8 Å². The molecule has 0 aromatic rings. The van der Waals surface area contributed by atoms with Crippen LogP contribution in [-0.4, -0.2) is 36.2 Å². The van der Waals surface area contributed by atoms with Gasteiger partial charge in [-0.1, -0.05) is 108 Å². The van der Waals surface area contributed by atoms with Crippen molar-refractivity contribution in [2.45, 2.75) is 162 Å². The van der Waals surface area contributed by atoms with Crippen molar-refractivity contribution in [1.82, 2.24) is 4.90 Å². The lowest BCUT2D eigenvalue weighted by Gasteiger charge is -2.35. The summed E-state index contributed by atoms with van der Waals surface area (Å²) in [7, 11) is 0. The molecule has 1 aliphatic rings. The summed E-state index contributed by atoms with van der Waals surface area (Å²) in [4.78, 5) is 2.54. The molecule has 1 aliphatic heterocycles. The van der Waals surface area contributed by atoms with Gasteiger partial charge in [0.1, 0.15) is 0 Å². The molecule has 1 saturated heterocycles. The van der Waals surface area contributed by atoms with Gasteiger partial charge in [0, 0.05) is 19.6 Å². The van der Waals surface area contributed by atoms with Crippen molar-refractivity contribution in [3.8, 4) is 0 Å². The van der Waals surface area contributed by atoms with Gasteiger partial charge in [0.15, 0.2) is 0 Å². The summed E-state index contributed by atoms with van der Waals surface area (Å²) in [5, 5.41) is 0. The summed E-state index contributed by atoms with van der Waals surface area (Å²) in [5.41, 5.74) is 1.46. The summed E-state index contributed by atoms with van der Waals surface area (Å²) >= 11 is 0. The number of nitrogens with zero attached hydrogens (tertiary/aromatic N) is 1. The van der Waals surface area contributed by atoms with Crippen LogP contribution in [-0.2, 0) is 4.74 Å². The van der Waals surface area contributed by atoms with E-state index in [2.05, 4.69) is 69.9 Å². The van der Waals surface area contributed by atoms with Crippen molar-refractivity contribution >= 4 is 0 Å². The quantitative estimate of drug-likeness (QED) is 0.0700. The molecule has 0 amide bonds. The highest BCUT2D eigenvalue weighted by atomic mass is 16.5. The summed E-state index contributed by atoms with van der Waals surface area (Å²) < 4.78 is 6.94. The molecule has 1 rings (SSSR count). The van der Waals surface area contributed by atoms with E-state index in [1.807, 2.05) is 0 Å². The second kappa shape index (κ2) is 22.2. The Morgan fingerprint density at radius 3 is 2.03 bits per heavy atom. The molecular formula is C34H63NO. The maximum atomic E-state index is 6.94. The Labute approximate surface area is 227 Å². The van der Waals surface area contributed by atoms with Crippen molar-refractivity contribution in [3.63, 3.8) is 0 Å². The van der Waals surface area contributed by atoms with Gasteiger partial charge in [0.25, 0.3) is 0 Å². The highest BCUT2D eigenvalue weighted by Crippen LogP contribution is 2.31. The van der Waals surface area contributed by atoms with Gasteiger partial charge in [0.05, 0.1) is 11.7 Å². The third-order valence-electron chi connectivity index (χ3n) is 7.69. The highest BCUT2D eigenvalue weighted by molar-refractivity contribution is 5.02. The third kappa shape index (κ3) is 19.3. The molecule has 2 heteroatoms. The SMILES string of the molecule is C/C=C(\C)CC(C)(CCCCCCCCC=CCC=CCCCCC)OC(CCCC)CCN1CC1. The molecule has 1 fully saturated rings. The Hall–Kier alpha value is -0.860. The predicted octanol–water partition coefficient (Wildman–Crippen LogP) is 10.6. The molecule has 2 nitrogen and oxygen atoms in total. The minimum absolute atomic E-state index is 0.0108. The summed E-state index contributed by atoms with van der Waals surface area (Å²) in [6.07, 6.45) is 35.1. The number of rotatable bonds is 25. The predicted molar refractivity (Wildman–Crippen MR) is 162 cm³/mol. The first-order valence-corrected chi connectivity index (χ1v) is 15.8. The number of unbranched alkanes of at least 4 members (excludes halogenated alkanes) is 10. The molecular weight excluding hydrogens is 438 g/mol. The molecule has 1 heterocycles. The molecule has 36 heavy (non-hydrogen) atoms. The van der Waals surface area contributed by atoms with Gasteiger partial charge in [-0.25, -0.2) is 0 Å². The van der Waals surface area contributed by atoms with E-state index in [9.17, 15) is 0 Å². The summed E-state index contributed by atoms with van der Waals surface area (Å²) in [5.74, 6) is 0. The molecule has 210 valence electrons. The fourth-order valence-corrected chi connectivity index (χ4v) is 5.09. The van der Waals surface area contributed by atoms with Crippen LogP contribution in [0.2, 0.25) is 0 Å². The Kier molecular flexibility index (Phi) is 20.4. The summed E-state index contributed by atoms with van der Waals surface area (Å²) in [6.45, 7) is 15.2. The molecule has 0 bridgehead atoms. The first-order chi connectivity index (χ1) is 17.5. The van der Waals surface area contributed by atoms with Crippen LogP contribution in [0.25, 0.3) is 0 Å². The number of ether oxygens (including phenoxy) is 1. The van der Waals surface area contributed by atoms with Crippen molar-refractivity contribution in [1.29, 1.82) is 0 Å². The van der Waals surface area contributed by atoms with Crippen molar-refractivity contribution in [2.75, 3.05) is 19.6 Å². The molecule has 0 spiro atoms. The van der Waals surface area contributed by atoms with Gasteiger partial charge >= 0.3 is 0 Å². The van der Waals surface area contributed by atoms with Crippen LogP contribution in [0, 0.1) is 0 Å². The van der Waals surface area contributed by atoms with E-state index >= 15 is 0 Å². The van der Waals surface area contributed by atoms with Gasteiger partial charge in [-0.05, 0) is 78.6 Å². The maximum Gasteiger partial charge on any atom is 0.0695 e. The lowest BCUT2D eigenvalue weighted by Crippen LogP contribution is -2.35. The van der Waals surface area contributed by atoms with E-state index in [-0.39, 0.29) is 5.60 Å². The molecule has 2 unspecified atom stereocenters. The third-order valence-corrected chi connectivity index (χ3v) is 7.69. The highest BCUT2D eigenvalue weighted by Gasteiger charge is 2.29. The van der Waals surface area contributed by atoms with Crippen LogP contribution in [0.15, 0.2) is 36.0 Å². The fourth-order valence-electron chi connectivity index (χ4n) is 5.09. The van der Waals surface area contributed by atoms with Crippen molar-refractivity contribution in [2.24, 2.45) is 0 Å². The van der Waals surface area contributed by atoms with Crippen LogP contribution >= 0.6 is 0 Å². The van der Waals surface area contributed by atoms with Gasteiger partial charge < -0.3 is 9.64 Å². The average Bonchev–Trinajstić information content (AvgIpc) is 3.70. The second-order valence-corrected chi connectivity index (χ2v) is 11.6. The Morgan fingerprint density at radius 1 is 0.806 bits per heavy atom. The minimum atomic E-state index is -0.0108. The second-order valence-electron chi connectivity index (χ2n) is 11.6. The lowest BCUT2D eigenvalue weighted by molar-refractivity contribution is -0.0950. The molecule has 0 radical (unpaired) electrons. The number of hydrogen-bond acceptors (Lipinski definition) is 2. The van der Waals surface area contributed by atoms with Crippen LogP contribution in [0.3, 0.4) is 0 Å². The molecule has 0 aromatic carbocycles. The number of allylic oxidation sites excluding steroid dienone is 5. The zero-order chi connectivity index (χ0) is 26.3. The number of hydrogen-bond donors (Lipinski definition) is 0. The largest absolute Gasteiger partial charge is 0.372 e.